The van der Waals surface area contributed by atoms with Crippen molar-refractivity contribution in [3.05, 3.63) is 233 Å². The topological polar surface area (TPSA) is 63.1 Å². The van der Waals surface area contributed by atoms with Crippen LogP contribution in [0.15, 0.2) is 189 Å². The summed E-state index contributed by atoms with van der Waals surface area (Å²) in [6, 6.07) is 52.0. The van der Waals surface area contributed by atoms with Gasteiger partial charge in [-0.2, -0.15) is 0 Å². The first kappa shape index (κ1) is 49.3. The van der Waals surface area contributed by atoms with E-state index in [4.69, 9.17) is 9.97 Å². The molecule has 0 bridgehead atoms. The van der Waals surface area contributed by atoms with E-state index in [9.17, 15) is 9.90 Å². The van der Waals surface area contributed by atoms with E-state index in [2.05, 4.69) is 220 Å². The molecule has 1 aliphatic rings. The second-order valence-electron chi connectivity index (χ2n) is 22.0. The predicted octanol–water partition coefficient (Wildman–Crippen LogP) is 17.6. The summed E-state index contributed by atoms with van der Waals surface area (Å²) in [5.74, 6) is -0.104. The van der Waals surface area contributed by atoms with Gasteiger partial charge >= 0.3 is 0 Å². The molecule has 0 saturated carbocycles. The number of hydrogen-bond donors (Lipinski definition) is 1. The molecule has 6 aromatic carbocycles. The molecule has 0 amide bonds. The first-order valence-corrected chi connectivity index (χ1v) is 25.3. The molecule has 4 nitrogen and oxygen atoms in total. The molecule has 0 unspecified atom stereocenters. The molecule has 2 aromatic heterocycles. The summed E-state index contributed by atoms with van der Waals surface area (Å²) in [6.07, 6.45) is 13.7. The van der Waals surface area contributed by atoms with Gasteiger partial charge in [0.2, 0.25) is 0 Å². The zero-order valence-corrected chi connectivity index (χ0v) is 43.4. The molecule has 360 valence electrons. The second kappa shape index (κ2) is 19.8. The monoisotopic (exact) mass is 943 g/mol. The molecule has 0 fully saturated rings. The first-order chi connectivity index (χ1) is 34.4. The molecule has 4 heteroatoms. The maximum absolute atomic E-state index is 13.0. The highest BCUT2D eigenvalue weighted by Crippen LogP contribution is 2.50. The van der Waals surface area contributed by atoms with Crippen LogP contribution in [-0.2, 0) is 27.5 Å². The van der Waals surface area contributed by atoms with Crippen LogP contribution in [0.4, 0.5) is 0 Å². The van der Waals surface area contributed by atoms with Crippen LogP contribution in [0.1, 0.15) is 113 Å². The number of nitrogens with zero attached hydrogens (tertiary/aromatic N) is 2. The highest BCUT2D eigenvalue weighted by atomic mass is 16.3. The standard InChI is InChI=1S/C68H66N2O2/c1-11-46(55-19-16-17-23-59(55)61-42-70-64(36-44(61)2)51-31-33-62-63(40-51)68(9,10)43-67(62,7)8)38-52(39-60-49(30-32-54(72)37-45(3)71)25-24-47-18-12-13-21-57(47)60)58-22-15-14-20-56(58)48-26-28-50(29-27-48)65-41-53(34-35-69-65)66(4,5)6/h11-29,31,33-42,71H,1,30,32,43H2,2-10H3/b45-37-,46-38+,52-39+. The minimum Gasteiger partial charge on any atom is -0.512 e. The number of aromatic nitrogens is 2. The van der Waals surface area contributed by atoms with Gasteiger partial charge < -0.3 is 5.11 Å². The molecule has 1 N–H and O–H groups in total. The molecule has 72 heavy (non-hydrogen) atoms. The lowest BCUT2D eigenvalue weighted by atomic mass is 9.82. The Kier molecular flexibility index (Phi) is 13.6. The summed E-state index contributed by atoms with van der Waals surface area (Å²) in [4.78, 5) is 23.0. The minimum atomic E-state index is -0.115. The van der Waals surface area contributed by atoms with Crippen molar-refractivity contribution in [1.82, 2.24) is 9.97 Å². The van der Waals surface area contributed by atoms with Crippen molar-refractivity contribution >= 4 is 33.8 Å². The van der Waals surface area contributed by atoms with E-state index in [0.717, 1.165) is 101 Å². The van der Waals surface area contributed by atoms with Gasteiger partial charge in [0.1, 0.15) is 0 Å². The molecular formula is C68H66N2O2. The zero-order chi connectivity index (χ0) is 51.0. The van der Waals surface area contributed by atoms with Crippen LogP contribution in [0.3, 0.4) is 0 Å². The minimum absolute atomic E-state index is 0.00514. The zero-order valence-electron chi connectivity index (χ0n) is 43.4. The van der Waals surface area contributed by atoms with Crippen LogP contribution in [0, 0.1) is 6.92 Å². The molecule has 8 aromatic rings. The lowest BCUT2D eigenvalue weighted by molar-refractivity contribution is -0.114. The van der Waals surface area contributed by atoms with Crippen LogP contribution in [0.2, 0.25) is 0 Å². The molecular weight excluding hydrogens is 877 g/mol. The number of rotatable bonds is 13. The number of pyridine rings is 2. The Hall–Kier alpha value is -7.69. The van der Waals surface area contributed by atoms with Crippen molar-refractivity contribution in [2.24, 2.45) is 0 Å². The van der Waals surface area contributed by atoms with E-state index in [1.807, 2.05) is 18.5 Å². The van der Waals surface area contributed by atoms with Crippen LogP contribution in [0.25, 0.3) is 72.8 Å². The molecule has 9 rings (SSSR count). The van der Waals surface area contributed by atoms with E-state index < -0.39 is 0 Å². The average molecular weight is 943 g/mol. The number of carbonyl (C=O) groups excluding carboxylic acids is 1. The smallest absolute Gasteiger partial charge is 0.159 e. The second-order valence-corrected chi connectivity index (χ2v) is 22.0. The Bertz CT molecular complexity index is 3480. The number of hydrogen-bond acceptors (Lipinski definition) is 4. The van der Waals surface area contributed by atoms with E-state index in [0.29, 0.717) is 6.42 Å². The lowest BCUT2D eigenvalue weighted by Crippen LogP contribution is -2.17. The normalized spacial score (nSPS) is 14.6. The van der Waals surface area contributed by atoms with Crippen LogP contribution < -0.4 is 0 Å². The Labute approximate surface area is 427 Å². The van der Waals surface area contributed by atoms with Gasteiger partial charge in [-0.15, -0.1) is 0 Å². The van der Waals surface area contributed by atoms with Crippen molar-refractivity contribution in [3.63, 3.8) is 0 Å². The van der Waals surface area contributed by atoms with Gasteiger partial charge in [-0.05, 0) is 162 Å². The summed E-state index contributed by atoms with van der Waals surface area (Å²) < 4.78 is 0. The fourth-order valence-corrected chi connectivity index (χ4v) is 11.0. The van der Waals surface area contributed by atoms with Crippen molar-refractivity contribution < 1.29 is 9.90 Å². The van der Waals surface area contributed by atoms with Gasteiger partial charge in [-0.1, -0.05) is 182 Å². The maximum atomic E-state index is 13.0. The van der Waals surface area contributed by atoms with Gasteiger partial charge in [-0.25, -0.2) is 0 Å². The van der Waals surface area contributed by atoms with E-state index in [1.165, 1.54) is 29.7 Å². The number of allylic oxidation sites excluding steroid dienone is 6. The van der Waals surface area contributed by atoms with Crippen molar-refractivity contribution in [2.75, 3.05) is 0 Å². The van der Waals surface area contributed by atoms with Gasteiger partial charge in [0.05, 0.1) is 17.1 Å². The molecule has 1 aliphatic carbocycles. The first-order valence-electron chi connectivity index (χ1n) is 25.3. The van der Waals surface area contributed by atoms with E-state index in [1.54, 1.807) is 0 Å². The largest absolute Gasteiger partial charge is 0.512 e. The Morgan fingerprint density at radius 3 is 2.01 bits per heavy atom. The van der Waals surface area contributed by atoms with E-state index >= 15 is 0 Å². The molecule has 0 atom stereocenters. The molecule has 0 saturated heterocycles. The molecule has 0 radical (unpaired) electrons. The lowest BCUT2D eigenvalue weighted by Gasteiger charge is -2.22. The fraction of sp³-hybridized carbons (Fsp3) is 0.221. The van der Waals surface area contributed by atoms with E-state index in [-0.39, 0.29) is 34.2 Å². The van der Waals surface area contributed by atoms with Crippen LogP contribution in [-0.4, -0.2) is 20.9 Å². The summed E-state index contributed by atoms with van der Waals surface area (Å²) in [5.41, 5.74) is 20.0. The maximum Gasteiger partial charge on any atom is 0.159 e. The number of aryl methyl sites for hydroxylation is 2. The number of aliphatic hydroxyl groups excluding tert-OH is 1. The Morgan fingerprint density at radius 1 is 0.667 bits per heavy atom. The third-order valence-electron chi connectivity index (χ3n) is 14.6. The average Bonchev–Trinajstić information content (AvgIpc) is 3.56. The molecule has 0 spiro atoms. The highest BCUT2D eigenvalue weighted by Gasteiger charge is 2.41. The highest BCUT2D eigenvalue weighted by molar-refractivity contribution is 6.04. The van der Waals surface area contributed by atoms with Crippen molar-refractivity contribution in [1.29, 1.82) is 0 Å². The van der Waals surface area contributed by atoms with Gasteiger partial charge in [0, 0.05) is 41.6 Å². The number of aliphatic hydroxyl groups is 1. The number of fused-ring (bicyclic) bond motifs is 2. The number of ketones is 1. The Morgan fingerprint density at radius 2 is 1.31 bits per heavy atom. The quantitative estimate of drug-likeness (QED) is 0.0541. The van der Waals surface area contributed by atoms with Crippen LogP contribution >= 0.6 is 0 Å². The predicted molar refractivity (Wildman–Crippen MR) is 304 cm³/mol. The number of carbonyl (C=O) groups is 1. The van der Waals surface area contributed by atoms with Gasteiger partial charge in [0.15, 0.2) is 5.78 Å². The van der Waals surface area contributed by atoms with Crippen molar-refractivity contribution in [3.8, 4) is 44.8 Å². The number of benzene rings is 6. The molecule has 0 aliphatic heterocycles. The third-order valence-corrected chi connectivity index (χ3v) is 14.6. The fourth-order valence-electron chi connectivity index (χ4n) is 11.0. The summed E-state index contributed by atoms with van der Waals surface area (Å²) in [7, 11) is 0. The van der Waals surface area contributed by atoms with Gasteiger partial charge in [0.25, 0.3) is 0 Å². The summed E-state index contributed by atoms with van der Waals surface area (Å²) >= 11 is 0. The van der Waals surface area contributed by atoms with Crippen LogP contribution in [0.5, 0.6) is 0 Å². The van der Waals surface area contributed by atoms with Crippen molar-refractivity contribution in [2.45, 2.75) is 97.8 Å². The summed E-state index contributed by atoms with van der Waals surface area (Å²) in [5, 5.41) is 12.1. The third kappa shape index (κ3) is 10.2. The summed E-state index contributed by atoms with van der Waals surface area (Å²) in [6.45, 7) is 24.3. The molecule has 2 heterocycles. The Balaban J connectivity index is 1.19. The SMILES string of the molecule is C=C/C(=C\C(=C/c1c(CCC(=O)/C=C(/C)O)ccc2ccccc12)c1ccccc1-c1ccc(-c2cc(C(C)(C)C)ccn2)cc1)c1ccccc1-c1cnc(-c2ccc3c(c2)C(C)(C)CC3(C)C)cc1C. The van der Waals surface area contributed by atoms with Gasteiger partial charge in [-0.3, -0.25) is 14.8 Å².